The van der Waals surface area contributed by atoms with Crippen LogP contribution in [-0.4, -0.2) is 25.5 Å². The Hall–Kier alpha value is 0.0969. The van der Waals surface area contributed by atoms with E-state index in [1.165, 1.54) is 0 Å². The highest BCUT2D eigenvalue weighted by molar-refractivity contribution is 6.74. The van der Waals surface area contributed by atoms with E-state index in [4.69, 9.17) is 15.9 Å². The summed E-state index contributed by atoms with van der Waals surface area (Å²) in [6, 6.07) is 0. The standard InChI is InChI=1S/C13H28N2OSi/c1-11(2,3)17(4,5)16-10-8-12(14)6-7-13(10,15)9-12/h10H,6-9,14-15H2,1-5H3. The van der Waals surface area contributed by atoms with Crippen molar-refractivity contribution >= 4 is 8.32 Å². The SMILES string of the molecule is CC(C)(C)[Si](C)(C)OC1CC2(N)CCC1(N)C2. The molecular formula is C13H28N2OSi. The lowest BCUT2D eigenvalue weighted by molar-refractivity contribution is 0.0989. The van der Waals surface area contributed by atoms with E-state index in [0.29, 0.717) is 0 Å². The molecule has 0 amide bonds. The van der Waals surface area contributed by atoms with E-state index in [-0.39, 0.29) is 22.2 Å². The van der Waals surface area contributed by atoms with Crippen molar-refractivity contribution in [1.82, 2.24) is 0 Å². The van der Waals surface area contributed by atoms with E-state index >= 15 is 0 Å². The maximum atomic E-state index is 6.50. The molecule has 2 saturated carbocycles. The molecule has 2 rings (SSSR count). The van der Waals surface area contributed by atoms with Gasteiger partial charge in [-0.3, -0.25) is 0 Å². The summed E-state index contributed by atoms with van der Waals surface area (Å²) in [7, 11) is -1.72. The molecule has 3 unspecified atom stereocenters. The minimum absolute atomic E-state index is 0.0399. The van der Waals surface area contributed by atoms with Crippen molar-refractivity contribution in [3.8, 4) is 0 Å². The van der Waals surface area contributed by atoms with E-state index in [1.54, 1.807) is 0 Å². The van der Waals surface area contributed by atoms with E-state index in [0.717, 1.165) is 25.7 Å². The predicted molar refractivity (Wildman–Crippen MR) is 74.4 cm³/mol. The van der Waals surface area contributed by atoms with Crippen LogP contribution < -0.4 is 11.5 Å². The van der Waals surface area contributed by atoms with Crippen molar-refractivity contribution < 1.29 is 4.43 Å². The van der Waals surface area contributed by atoms with E-state index in [1.807, 2.05) is 0 Å². The van der Waals surface area contributed by atoms with Crippen molar-refractivity contribution in [1.29, 1.82) is 0 Å². The van der Waals surface area contributed by atoms with Gasteiger partial charge in [0.2, 0.25) is 0 Å². The van der Waals surface area contributed by atoms with Gasteiger partial charge in [0, 0.05) is 11.1 Å². The fourth-order valence-electron chi connectivity index (χ4n) is 3.03. The smallest absolute Gasteiger partial charge is 0.192 e. The highest BCUT2D eigenvalue weighted by atomic mass is 28.4. The summed E-state index contributed by atoms with van der Waals surface area (Å²) in [4.78, 5) is 0. The molecule has 0 spiro atoms. The van der Waals surface area contributed by atoms with Gasteiger partial charge in [-0.05, 0) is 43.8 Å². The first kappa shape index (κ1) is 13.5. The second-order valence-electron chi connectivity index (χ2n) is 7.84. The van der Waals surface area contributed by atoms with Crippen LogP contribution in [0.1, 0.15) is 46.5 Å². The van der Waals surface area contributed by atoms with Gasteiger partial charge < -0.3 is 15.9 Å². The van der Waals surface area contributed by atoms with Crippen LogP contribution in [-0.2, 0) is 4.43 Å². The Kier molecular flexibility index (Phi) is 2.83. The topological polar surface area (TPSA) is 61.3 Å². The maximum Gasteiger partial charge on any atom is 0.192 e. The van der Waals surface area contributed by atoms with Gasteiger partial charge in [-0.1, -0.05) is 20.8 Å². The highest BCUT2D eigenvalue weighted by Crippen LogP contribution is 2.51. The minimum atomic E-state index is -1.72. The summed E-state index contributed by atoms with van der Waals surface area (Å²) in [5, 5.41) is 0.243. The average Bonchev–Trinajstić information content (AvgIpc) is 2.51. The molecule has 2 aliphatic carbocycles. The minimum Gasteiger partial charge on any atom is -0.412 e. The molecule has 17 heavy (non-hydrogen) atoms. The Bertz CT molecular complexity index is 326. The second kappa shape index (κ2) is 3.56. The summed E-state index contributed by atoms with van der Waals surface area (Å²) in [5.74, 6) is 0. The highest BCUT2D eigenvalue weighted by Gasteiger charge is 2.58. The quantitative estimate of drug-likeness (QED) is 0.746. The lowest BCUT2D eigenvalue weighted by Crippen LogP contribution is -2.54. The Morgan fingerprint density at radius 1 is 1.18 bits per heavy atom. The van der Waals surface area contributed by atoms with Crippen LogP contribution in [0.15, 0.2) is 0 Å². The van der Waals surface area contributed by atoms with Crippen molar-refractivity contribution in [3.63, 3.8) is 0 Å². The predicted octanol–water partition coefficient (Wildman–Crippen LogP) is 2.36. The van der Waals surface area contributed by atoms with Crippen molar-refractivity contribution in [2.24, 2.45) is 11.5 Å². The van der Waals surface area contributed by atoms with Crippen LogP contribution >= 0.6 is 0 Å². The Morgan fingerprint density at radius 2 is 1.76 bits per heavy atom. The zero-order valence-electron chi connectivity index (χ0n) is 12.0. The van der Waals surface area contributed by atoms with E-state index in [9.17, 15) is 0 Å². The third-order valence-corrected chi connectivity index (χ3v) is 9.73. The van der Waals surface area contributed by atoms with E-state index in [2.05, 4.69) is 33.9 Å². The number of hydrogen-bond donors (Lipinski definition) is 2. The molecule has 0 saturated heterocycles. The van der Waals surface area contributed by atoms with E-state index < -0.39 is 8.32 Å². The van der Waals surface area contributed by atoms with Crippen LogP contribution in [0.4, 0.5) is 0 Å². The molecule has 3 nitrogen and oxygen atoms in total. The molecule has 0 aromatic rings. The molecule has 4 N–H and O–H groups in total. The molecule has 4 heteroatoms. The second-order valence-corrected chi connectivity index (χ2v) is 12.6. The van der Waals surface area contributed by atoms with Crippen LogP contribution in [0.25, 0.3) is 0 Å². The van der Waals surface area contributed by atoms with Gasteiger partial charge in [-0.25, -0.2) is 0 Å². The third-order valence-electron chi connectivity index (χ3n) is 5.25. The fourth-order valence-corrected chi connectivity index (χ4v) is 4.41. The summed E-state index contributed by atoms with van der Waals surface area (Å²) < 4.78 is 6.50. The number of nitrogens with two attached hydrogens (primary N) is 2. The molecule has 0 aliphatic heterocycles. The molecular weight excluding hydrogens is 228 g/mol. The first-order valence-corrected chi connectivity index (χ1v) is 9.64. The van der Waals surface area contributed by atoms with Gasteiger partial charge in [0.15, 0.2) is 8.32 Å². The van der Waals surface area contributed by atoms with Crippen molar-refractivity contribution in [2.75, 3.05) is 0 Å². The Labute approximate surface area is 106 Å². The Morgan fingerprint density at radius 3 is 2.12 bits per heavy atom. The van der Waals surface area contributed by atoms with Crippen LogP contribution in [0.2, 0.25) is 18.1 Å². The van der Waals surface area contributed by atoms with Gasteiger partial charge in [-0.2, -0.15) is 0 Å². The molecule has 2 aliphatic rings. The summed E-state index contributed by atoms with van der Waals surface area (Å²) in [5.41, 5.74) is 12.7. The molecule has 100 valence electrons. The average molecular weight is 256 g/mol. The molecule has 3 atom stereocenters. The van der Waals surface area contributed by atoms with Gasteiger partial charge in [0.1, 0.15) is 0 Å². The third kappa shape index (κ3) is 2.20. The number of rotatable bonds is 2. The fraction of sp³-hybridized carbons (Fsp3) is 1.00. The van der Waals surface area contributed by atoms with Crippen molar-refractivity contribution in [3.05, 3.63) is 0 Å². The zero-order valence-corrected chi connectivity index (χ0v) is 13.0. The van der Waals surface area contributed by atoms with Crippen molar-refractivity contribution in [2.45, 2.75) is 81.8 Å². The maximum absolute atomic E-state index is 6.50. The molecule has 0 radical (unpaired) electrons. The number of hydrogen-bond acceptors (Lipinski definition) is 3. The monoisotopic (exact) mass is 256 g/mol. The first-order valence-electron chi connectivity index (χ1n) is 6.73. The zero-order chi connectivity index (χ0) is 13.1. The van der Waals surface area contributed by atoms with Crippen LogP contribution in [0.3, 0.4) is 0 Å². The number of fused-ring (bicyclic) bond motifs is 2. The Balaban J connectivity index is 2.12. The normalized spacial score (nSPS) is 42.2. The lowest BCUT2D eigenvalue weighted by atomic mass is 9.90. The summed E-state index contributed by atoms with van der Waals surface area (Å²) in [6.45, 7) is 11.4. The van der Waals surface area contributed by atoms with Gasteiger partial charge in [0.25, 0.3) is 0 Å². The van der Waals surface area contributed by atoms with Crippen LogP contribution in [0, 0.1) is 0 Å². The molecule has 2 fully saturated rings. The van der Waals surface area contributed by atoms with Crippen LogP contribution in [0.5, 0.6) is 0 Å². The summed E-state index contributed by atoms with van der Waals surface area (Å²) >= 11 is 0. The van der Waals surface area contributed by atoms with Gasteiger partial charge in [-0.15, -0.1) is 0 Å². The largest absolute Gasteiger partial charge is 0.412 e. The molecule has 0 aromatic carbocycles. The molecule has 0 heterocycles. The first-order chi connectivity index (χ1) is 7.48. The van der Waals surface area contributed by atoms with Gasteiger partial charge >= 0.3 is 0 Å². The van der Waals surface area contributed by atoms with Gasteiger partial charge in [0.05, 0.1) is 6.10 Å². The summed E-state index contributed by atoms with van der Waals surface area (Å²) in [6.07, 6.45) is 4.18. The lowest BCUT2D eigenvalue weighted by Gasteiger charge is -2.43. The molecule has 2 bridgehead atoms. The molecule has 0 aromatic heterocycles.